The van der Waals surface area contributed by atoms with E-state index in [1.54, 1.807) is 4.57 Å². The van der Waals surface area contributed by atoms with Gasteiger partial charge in [0.15, 0.2) is 0 Å². The Morgan fingerprint density at radius 2 is 1.95 bits per heavy atom. The molecule has 2 aromatic rings. The topological polar surface area (TPSA) is 62.7 Å². The SMILES string of the molecule is O=c1[nH]nc(C2CCNCC2)n1Cc1ccccc1. The highest BCUT2D eigenvalue weighted by Crippen LogP contribution is 2.22. The van der Waals surface area contributed by atoms with Gasteiger partial charge in [-0.25, -0.2) is 9.89 Å². The van der Waals surface area contributed by atoms with Crippen molar-refractivity contribution in [1.82, 2.24) is 20.1 Å². The summed E-state index contributed by atoms with van der Waals surface area (Å²) in [5.74, 6) is 1.28. The molecule has 0 aliphatic carbocycles. The van der Waals surface area contributed by atoms with Crippen molar-refractivity contribution in [1.29, 1.82) is 0 Å². The number of nitrogens with one attached hydrogen (secondary N) is 2. The molecule has 2 N–H and O–H groups in total. The monoisotopic (exact) mass is 258 g/mol. The van der Waals surface area contributed by atoms with Gasteiger partial charge >= 0.3 is 5.69 Å². The highest BCUT2D eigenvalue weighted by molar-refractivity contribution is 5.16. The Morgan fingerprint density at radius 3 is 2.68 bits per heavy atom. The number of hydrogen-bond acceptors (Lipinski definition) is 3. The molecular formula is C14H18N4O. The number of H-pyrrole nitrogens is 1. The second-order valence-corrected chi connectivity index (χ2v) is 4.98. The van der Waals surface area contributed by atoms with Crippen molar-refractivity contribution in [2.45, 2.75) is 25.3 Å². The van der Waals surface area contributed by atoms with Crippen LogP contribution >= 0.6 is 0 Å². The van der Waals surface area contributed by atoms with Gasteiger partial charge in [-0.3, -0.25) is 4.57 Å². The molecule has 1 aliphatic heterocycles. The second-order valence-electron chi connectivity index (χ2n) is 4.98. The molecule has 0 spiro atoms. The summed E-state index contributed by atoms with van der Waals surface area (Å²) in [5, 5.41) is 10.2. The molecule has 1 saturated heterocycles. The van der Waals surface area contributed by atoms with Crippen LogP contribution in [0, 0.1) is 0 Å². The average molecular weight is 258 g/mol. The lowest BCUT2D eigenvalue weighted by Crippen LogP contribution is -2.29. The summed E-state index contributed by atoms with van der Waals surface area (Å²) in [6.45, 7) is 2.59. The second kappa shape index (κ2) is 5.40. The minimum absolute atomic E-state index is 0.114. The van der Waals surface area contributed by atoms with Gasteiger partial charge in [-0.05, 0) is 31.5 Å². The van der Waals surface area contributed by atoms with Gasteiger partial charge in [-0.2, -0.15) is 5.10 Å². The number of aromatic nitrogens is 3. The molecule has 1 aromatic heterocycles. The number of benzene rings is 1. The molecule has 1 fully saturated rings. The third-order valence-electron chi connectivity index (χ3n) is 3.68. The lowest BCUT2D eigenvalue weighted by molar-refractivity contribution is 0.432. The van der Waals surface area contributed by atoms with Crippen LogP contribution in [-0.4, -0.2) is 27.9 Å². The Balaban J connectivity index is 1.88. The lowest BCUT2D eigenvalue weighted by Gasteiger charge is -2.22. The number of aromatic amines is 1. The van der Waals surface area contributed by atoms with Gasteiger partial charge in [-0.15, -0.1) is 0 Å². The van der Waals surface area contributed by atoms with E-state index in [0.717, 1.165) is 37.3 Å². The molecule has 0 atom stereocenters. The Kier molecular flexibility index (Phi) is 3.46. The van der Waals surface area contributed by atoms with E-state index in [4.69, 9.17) is 0 Å². The molecule has 5 heteroatoms. The first-order valence-electron chi connectivity index (χ1n) is 6.74. The third kappa shape index (κ3) is 2.61. The first-order valence-corrected chi connectivity index (χ1v) is 6.74. The molecule has 1 aromatic carbocycles. The zero-order valence-corrected chi connectivity index (χ0v) is 10.8. The van der Waals surface area contributed by atoms with Gasteiger partial charge in [0.05, 0.1) is 6.54 Å². The minimum Gasteiger partial charge on any atom is -0.317 e. The normalized spacial score (nSPS) is 16.6. The van der Waals surface area contributed by atoms with E-state index < -0.39 is 0 Å². The van der Waals surface area contributed by atoms with Crippen LogP contribution in [0.3, 0.4) is 0 Å². The van der Waals surface area contributed by atoms with Crippen molar-refractivity contribution < 1.29 is 0 Å². The van der Waals surface area contributed by atoms with E-state index in [0.29, 0.717) is 12.5 Å². The molecule has 0 unspecified atom stereocenters. The summed E-state index contributed by atoms with van der Waals surface area (Å²) in [5.41, 5.74) is 1.01. The zero-order chi connectivity index (χ0) is 13.1. The van der Waals surface area contributed by atoms with Crippen molar-refractivity contribution >= 4 is 0 Å². The Morgan fingerprint density at radius 1 is 1.21 bits per heavy atom. The Hall–Kier alpha value is -1.88. The maximum Gasteiger partial charge on any atom is 0.343 e. The van der Waals surface area contributed by atoms with Crippen LogP contribution in [-0.2, 0) is 6.54 Å². The predicted molar refractivity (Wildman–Crippen MR) is 73.2 cm³/mol. The lowest BCUT2D eigenvalue weighted by atomic mass is 9.97. The van der Waals surface area contributed by atoms with Crippen LogP contribution in [0.15, 0.2) is 35.1 Å². The predicted octanol–water partition coefficient (Wildman–Crippen LogP) is 1.09. The van der Waals surface area contributed by atoms with Gasteiger partial charge in [0.25, 0.3) is 0 Å². The van der Waals surface area contributed by atoms with E-state index in [2.05, 4.69) is 15.5 Å². The molecule has 19 heavy (non-hydrogen) atoms. The summed E-state index contributed by atoms with van der Waals surface area (Å²) in [6.07, 6.45) is 2.08. The van der Waals surface area contributed by atoms with Crippen LogP contribution in [0.5, 0.6) is 0 Å². The van der Waals surface area contributed by atoms with Crippen molar-refractivity contribution in [3.8, 4) is 0 Å². The highest BCUT2D eigenvalue weighted by atomic mass is 16.1. The van der Waals surface area contributed by atoms with E-state index in [1.165, 1.54) is 0 Å². The maximum absolute atomic E-state index is 11.9. The fraction of sp³-hybridized carbons (Fsp3) is 0.429. The van der Waals surface area contributed by atoms with E-state index in [1.807, 2.05) is 30.3 Å². The zero-order valence-electron chi connectivity index (χ0n) is 10.8. The van der Waals surface area contributed by atoms with Crippen molar-refractivity contribution in [3.05, 3.63) is 52.2 Å². The molecule has 0 saturated carbocycles. The average Bonchev–Trinajstić information content (AvgIpc) is 2.82. The fourth-order valence-corrected chi connectivity index (χ4v) is 2.64. The Labute approximate surface area is 111 Å². The fourth-order valence-electron chi connectivity index (χ4n) is 2.64. The molecule has 3 rings (SSSR count). The molecule has 5 nitrogen and oxygen atoms in total. The van der Waals surface area contributed by atoms with Gasteiger partial charge in [0.2, 0.25) is 0 Å². The highest BCUT2D eigenvalue weighted by Gasteiger charge is 2.21. The van der Waals surface area contributed by atoms with Crippen LogP contribution in [0.1, 0.15) is 30.1 Å². The maximum atomic E-state index is 11.9. The largest absolute Gasteiger partial charge is 0.343 e. The number of rotatable bonds is 3. The quantitative estimate of drug-likeness (QED) is 0.866. The van der Waals surface area contributed by atoms with Gasteiger partial charge in [0.1, 0.15) is 5.82 Å². The third-order valence-corrected chi connectivity index (χ3v) is 3.68. The molecule has 1 aliphatic rings. The summed E-state index contributed by atoms with van der Waals surface area (Å²) >= 11 is 0. The molecule has 0 radical (unpaired) electrons. The molecule has 0 amide bonds. The molecule has 0 bridgehead atoms. The Bertz CT molecular complexity index is 581. The van der Waals surface area contributed by atoms with Gasteiger partial charge in [-0.1, -0.05) is 30.3 Å². The van der Waals surface area contributed by atoms with Crippen LogP contribution in [0.4, 0.5) is 0 Å². The first kappa shape index (κ1) is 12.2. The minimum atomic E-state index is -0.114. The summed E-state index contributed by atoms with van der Waals surface area (Å²) in [4.78, 5) is 11.9. The smallest absolute Gasteiger partial charge is 0.317 e. The van der Waals surface area contributed by atoms with E-state index in [9.17, 15) is 4.79 Å². The standard InChI is InChI=1S/C14H18N4O/c19-14-17-16-13(12-6-8-15-9-7-12)18(14)10-11-4-2-1-3-5-11/h1-5,12,15H,6-10H2,(H,17,19). The summed E-state index contributed by atoms with van der Waals surface area (Å²) in [7, 11) is 0. The van der Waals surface area contributed by atoms with Gasteiger partial charge in [0, 0.05) is 5.92 Å². The summed E-state index contributed by atoms with van der Waals surface area (Å²) in [6, 6.07) is 10.0. The molecule has 2 heterocycles. The van der Waals surface area contributed by atoms with Crippen LogP contribution in [0.25, 0.3) is 0 Å². The summed E-state index contributed by atoms with van der Waals surface area (Å²) < 4.78 is 1.77. The number of hydrogen-bond donors (Lipinski definition) is 2. The van der Waals surface area contributed by atoms with Crippen molar-refractivity contribution in [2.75, 3.05) is 13.1 Å². The molecular weight excluding hydrogens is 240 g/mol. The van der Waals surface area contributed by atoms with E-state index >= 15 is 0 Å². The van der Waals surface area contributed by atoms with E-state index in [-0.39, 0.29) is 5.69 Å². The molecule has 100 valence electrons. The number of piperidine rings is 1. The van der Waals surface area contributed by atoms with Crippen LogP contribution < -0.4 is 11.0 Å². The number of nitrogens with zero attached hydrogens (tertiary/aromatic N) is 2. The van der Waals surface area contributed by atoms with Crippen molar-refractivity contribution in [2.24, 2.45) is 0 Å². The van der Waals surface area contributed by atoms with Crippen LogP contribution in [0.2, 0.25) is 0 Å². The first-order chi connectivity index (χ1) is 9.34. The van der Waals surface area contributed by atoms with Crippen molar-refractivity contribution in [3.63, 3.8) is 0 Å². The van der Waals surface area contributed by atoms with Gasteiger partial charge < -0.3 is 5.32 Å².